The number of hydrogen-bond acceptors (Lipinski definition) is 2. The Morgan fingerprint density at radius 2 is 1.93 bits per heavy atom. The lowest BCUT2D eigenvalue weighted by atomic mass is 10.1. The van der Waals surface area contributed by atoms with Gasteiger partial charge in [-0.1, -0.05) is 28.1 Å². The molecule has 0 unspecified atom stereocenters. The SMILES string of the molecule is C/C=C1\C=C(c2ccc(Br)cc2)C(=O)O1. The van der Waals surface area contributed by atoms with E-state index < -0.39 is 0 Å². The monoisotopic (exact) mass is 264 g/mol. The highest BCUT2D eigenvalue weighted by Crippen LogP contribution is 2.26. The number of cyclic esters (lactones) is 1. The van der Waals surface area contributed by atoms with Crippen LogP contribution in [0.25, 0.3) is 5.57 Å². The van der Waals surface area contributed by atoms with Gasteiger partial charge in [0.2, 0.25) is 0 Å². The smallest absolute Gasteiger partial charge is 0.344 e. The minimum Gasteiger partial charge on any atom is -0.423 e. The number of hydrogen-bond donors (Lipinski definition) is 0. The predicted molar refractivity (Wildman–Crippen MR) is 62.0 cm³/mol. The number of allylic oxidation sites excluding steroid dienone is 2. The molecule has 0 amide bonds. The fourth-order valence-electron chi connectivity index (χ4n) is 1.37. The first-order valence-electron chi connectivity index (χ1n) is 4.57. The Bertz CT molecular complexity index is 455. The maximum absolute atomic E-state index is 11.5. The molecular formula is C12H9BrO2. The first-order valence-corrected chi connectivity index (χ1v) is 5.36. The number of halogens is 1. The minimum atomic E-state index is -0.287. The van der Waals surface area contributed by atoms with E-state index >= 15 is 0 Å². The van der Waals surface area contributed by atoms with Gasteiger partial charge in [-0.25, -0.2) is 4.79 Å². The predicted octanol–water partition coefficient (Wildman–Crippen LogP) is 3.29. The van der Waals surface area contributed by atoms with E-state index in [2.05, 4.69) is 15.9 Å². The molecule has 0 bridgehead atoms. The summed E-state index contributed by atoms with van der Waals surface area (Å²) in [4.78, 5) is 11.5. The Labute approximate surface area is 96.4 Å². The maximum atomic E-state index is 11.5. The number of rotatable bonds is 1. The molecule has 3 heteroatoms. The number of benzene rings is 1. The molecule has 1 heterocycles. The van der Waals surface area contributed by atoms with E-state index in [9.17, 15) is 4.79 Å². The molecule has 1 aromatic rings. The van der Waals surface area contributed by atoms with E-state index in [1.807, 2.05) is 31.2 Å². The Morgan fingerprint density at radius 1 is 1.27 bits per heavy atom. The summed E-state index contributed by atoms with van der Waals surface area (Å²) in [5, 5.41) is 0. The number of esters is 1. The van der Waals surface area contributed by atoms with Gasteiger partial charge in [0.15, 0.2) is 0 Å². The average Bonchev–Trinajstić information content (AvgIpc) is 2.61. The molecule has 0 saturated carbocycles. The standard InChI is InChI=1S/C12H9BrO2/c1-2-10-7-11(12(14)15-10)8-3-5-9(13)6-4-8/h2-7H,1H3/b10-2+. The number of carbonyl (C=O) groups excluding carboxylic acids is 1. The first kappa shape index (κ1) is 10.2. The van der Waals surface area contributed by atoms with E-state index in [0.717, 1.165) is 10.0 Å². The van der Waals surface area contributed by atoms with Gasteiger partial charge in [0, 0.05) is 4.47 Å². The topological polar surface area (TPSA) is 26.3 Å². The summed E-state index contributed by atoms with van der Waals surface area (Å²) in [5.41, 5.74) is 1.48. The molecule has 0 radical (unpaired) electrons. The maximum Gasteiger partial charge on any atom is 0.344 e. The van der Waals surface area contributed by atoms with Crippen LogP contribution in [0, 0.1) is 0 Å². The highest BCUT2D eigenvalue weighted by atomic mass is 79.9. The van der Waals surface area contributed by atoms with Crippen molar-refractivity contribution in [1.29, 1.82) is 0 Å². The second-order valence-corrected chi connectivity index (χ2v) is 4.06. The van der Waals surface area contributed by atoms with E-state index in [4.69, 9.17) is 4.74 Å². The van der Waals surface area contributed by atoms with Crippen molar-refractivity contribution in [1.82, 2.24) is 0 Å². The van der Waals surface area contributed by atoms with Crippen molar-refractivity contribution in [3.63, 3.8) is 0 Å². The minimum absolute atomic E-state index is 0.287. The van der Waals surface area contributed by atoms with Crippen LogP contribution in [0.3, 0.4) is 0 Å². The molecule has 0 spiro atoms. The molecule has 1 aromatic carbocycles. The van der Waals surface area contributed by atoms with Crippen molar-refractivity contribution < 1.29 is 9.53 Å². The fourth-order valence-corrected chi connectivity index (χ4v) is 1.63. The van der Waals surface area contributed by atoms with Gasteiger partial charge in [0.05, 0.1) is 5.57 Å². The van der Waals surface area contributed by atoms with Gasteiger partial charge in [0.25, 0.3) is 0 Å². The molecule has 15 heavy (non-hydrogen) atoms. The average molecular weight is 265 g/mol. The molecular weight excluding hydrogens is 256 g/mol. The van der Waals surface area contributed by atoms with Crippen LogP contribution in [0.5, 0.6) is 0 Å². The van der Waals surface area contributed by atoms with Gasteiger partial charge < -0.3 is 4.74 Å². The van der Waals surface area contributed by atoms with E-state index in [0.29, 0.717) is 11.3 Å². The normalized spacial score (nSPS) is 17.9. The molecule has 0 saturated heterocycles. The van der Waals surface area contributed by atoms with Gasteiger partial charge in [-0.15, -0.1) is 0 Å². The highest BCUT2D eigenvalue weighted by Gasteiger charge is 2.21. The summed E-state index contributed by atoms with van der Waals surface area (Å²) in [6.07, 6.45) is 3.52. The largest absolute Gasteiger partial charge is 0.423 e. The second kappa shape index (κ2) is 4.03. The zero-order valence-electron chi connectivity index (χ0n) is 8.16. The number of carbonyl (C=O) groups is 1. The molecule has 1 aliphatic heterocycles. The van der Waals surface area contributed by atoms with Crippen LogP contribution < -0.4 is 0 Å². The van der Waals surface area contributed by atoms with Crippen molar-refractivity contribution in [2.45, 2.75) is 6.92 Å². The summed E-state index contributed by atoms with van der Waals surface area (Å²) < 4.78 is 6.02. The Hall–Kier alpha value is -1.35. The lowest BCUT2D eigenvalue weighted by Gasteiger charge is -1.98. The van der Waals surface area contributed by atoms with Gasteiger partial charge >= 0.3 is 5.97 Å². The van der Waals surface area contributed by atoms with Crippen LogP contribution in [0.2, 0.25) is 0 Å². The van der Waals surface area contributed by atoms with E-state index in [-0.39, 0.29) is 5.97 Å². The molecule has 0 N–H and O–H groups in total. The summed E-state index contributed by atoms with van der Waals surface area (Å²) in [5.74, 6) is 0.323. The molecule has 0 aromatic heterocycles. The van der Waals surface area contributed by atoms with Crippen molar-refractivity contribution in [2.75, 3.05) is 0 Å². The quantitative estimate of drug-likeness (QED) is 0.728. The highest BCUT2D eigenvalue weighted by molar-refractivity contribution is 9.10. The van der Waals surface area contributed by atoms with Crippen molar-refractivity contribution in [2.24, 2.45) is 0 Å². The zero-order chi connectivity index (χ0) is 10.8. The Morgan fingerprint density at radius 3 is 2.47 bits per heavy atom. The van der Waals surface area contributed by atoms with E-state index in [1.54, 1.807) is 12.2 Å². The molecule has 0 fully saturated rings. The third-order valence-electron chi connectivity index (χ3n) is 2.16. The zero-order valence-corrected chi connectivity index (χ0v) is 9.74. The third-order valence-corrected chi connectivity index (χ3v) is 2.69. The van der Waals surface area contributed by atoms with Gasteiger partial charge in [-0.05, 0) is 36.8 Å². The van der Waals surface area contributed by atoms with Crippen LogP contribution in [-0.4, -0.2) is 5.97 Å². The van der Waals surface area contributed by atoms with Gasteiger partial charge in [0.1, 0.15) is 5.76 Å². The van der Waals surface area contributed by atoms with E-state index in [1.165, 1.54) is 0 Å². The van der Waals surface area contributed by atoms with Gasteiger partial charge in [-0.3, -0.25) is 0 Å². The second-order valence-electron chi connectivity index (χ2n) is 3.15. The third kappa shape index (κ3) is 2.02. The molecule has 0 atom stereocenters. The summed E-state index contributed by atoms with van der Waals surface area (Å²) >= 11 is 3.35. The van der Waals surface area contributed by atoms with Crippen molar-refractivity contribution in [3.05, 3.63) is 52.2 Å². The van der Waals surface area contributed by atoms with Gasteiger partial charge in [-0.2, -0.15) is 0 Å². The van der Waals surface area contributed by atoms with Crippen LogP contribution in [-0.2, 0) is 9.53 Å². The lowest BCUT2D eigenvalue weighted by molar-refractivity contribution is -0.131. The lowest BCUT2D eigenvalue weighted by Crippen LogP contribution is -1.97. The molecule has 2 nitrogen and oxygen atoms in total. The molecule has 2 rings (SSSR count). The van der Waals surface area contributed by atoms with Crippen LogP contribution >= 0.6 is 15.9 Å². The summed E-state index contributed by atoms with van der Waals surface area (Å²) in [6, 6.07) is 7.57. The Balaban J connectivity index is 2.39. The first-order chi connectivity index (χ1) is 7.20. The van der Waals surface area contributed by atoms with Crippen LogP contribution in [0.4, 0.5) is 0 Å². The number of ether oxygens (including phenoxy) is 1. The fraction of sp³-hybridized carbons (Fsp3) is 0.0833. The summed E-state index contributed by atoms with van der Waals surface area (Å²) in [7, 11) is 0. The van der Waals surface area contributed by atoms with Crippen molar-refractivity contribution >= 4 is 27.5 Å². The molecule has 1 aliphatic rings. The molecule has 76 valence electrons. The molecule has 0 aliphatic carbocycles. The van der Waals surface area contributed by atoms with Crippen LogP contribution in [0.1, 0.15) is 12.5 Å². The summed E-state index contributed by atoms with van der Waals surface area (Å²) in [6.45, 7) is 1.84. The van der Waals surface area contributed by atoms with Crippen molar-refractivity contribution in [3.8, 4) is 0 Å². The van der Waals surface area contributed by atoms with Crippen LogP contribution in [0.15, 0.2) is 46.6 Å². The Kier molecular flexibility index (Phi) is 2.73.